The van der Waals surface area contributed by atoms with Crippen LogP contribution >= 0.6 is 0 Å². The van der Waals surface area contributed by atoms with Gasteiger partial charge < -0.3 is 14.7 Å². The van der Waals surface area contributed by atoms with Crippen LogP contribution in [0.3, 0.4) is 0 Å². The van der Waals surface area contributed by atoms with E-state index in [4.69, 9.17) is 9.84 Å². The Bertz CT molecular complexity index is 346. The van der Waals surface area contributed by atoms with Gasteiger partial charge in [0.1, 0.15) is 0 Å². The molecule has 1 saturated heterocycles. The van der Waals surface area contributed by atoms with Gasteiger partial charge in [-0.15, -0.1) is 0 Å². The predicted octanol–water partition coefficient (Wildman–Crippen LogP) is 2.03. The second-order valence-corrected chi connectivity index (χ2v) is 4.73. The molecule has 0 spiro atoms. The maximum Gasteiger partial charge on any atom is 0.407 e. The average Bonchev–Trinajstić information content (AvgIpc) is 2.15. The predicted molar refractivity (Wildman–Crippen MR) is 62.8 cm³/mol. The lowest BCUT2D eigenvalue weighted by molar-refractivity contribution is -0.137. The average molecular weight is 241 g/mol. The molecular weight excluding hydrogens is 222 g/mol. The summed E-state index contributed by atoms with van der Waals surface area (Å²) in [4.78, 5) is 23.7. The lowest BCUT2D eigenvalue weighted by Gasteiger charge is -2.41. The van der Waals surface area contributed by atoms with E-state index in [1.165, 1.54) is 11.0 Å². The van der Waals surface area contributed by atoms with Crippen molar-refractivity contribution in [2.75, 3.05) is 13.2 Å². The normalized spacial score (nSPS) is 21.4. The van der Waals surface area contributed by atoms with Crippen LogP contribution in [0.4, 0.5) is 4.79 Å². The van der Waals surface area contributed by atoms with Crippen LogP contribution in [0.1, 0.15) is 33.6 Å². The first kappa shape index (κ1) is 13.5. The van der Waals surface area contributed by atoms with Crippen molar-refractivity contribution in [1.29, 1.82) is 0 Å². The van der Waals surface area contributed by atoms with E-state index in [0.29, 0.717) is 26.0 Å². The van der Waals surface area contributed by atoms with Gasteiger partial charge in [-0.05, 0) is 33.6 Å². The molecule has 0 bridgehead atoms. The number of piperidine rings is 1. The largest absolute Gasteiger partial charge is 0.465 e. The zero-order valence-corrected chi connectivity index (χ0v) is 10.5. The Balaban J connectivity index is 2.73. The van der Waals surface area contributed by atoms with E-state index < -0.39 is 11.6 Å². The molecule has 1 aliphatic rings. The van der Waals surface area contributed by atoms with E-state index in [-0.39, 0.29) is 5.97 Å². The minimum Gasteiger partial charge on any atom is -0.465 e. The third-order valence-electron chi connectivity index (χ3n) is 2.89. The van der Waals surface area contributed by atoms with E-state index in [0.717, 1.165) is 5.57 Å². The van der Waals surface area contributed by atoms with E-state index in [9.17, 15) is 9.59 Å². The molecule has 1 amide bonds. The third-order valence-corrected chi connectivity index (χ3v) is 2.89. The van der Waals surface area contributed by atoms with Crippen molar-refractivity contribution in [2.24, 2.45) is 0 Å². The highest BCUT2D eigenvalue weighted by Gasteiger charge is 2.35. The number of hydrogen-bond acceptors (Lipinski definition) is 3. The van der Waals surface area contributed by atoms with E-state index in [1.54, 1.807) is 6.92 Å². The molecule has 0 aliphatic carbocycles. The number of carbonyl (C=O) groups excluding carboxylic acids is 1. The van der Waals surface area contributed by atoms with Crippen LogP contribution < -0.4 is 0 Å². The quantitative estimate of drug-likeness (QED) is 0.593. The minimum absolute atomic E-state index is 0.345. The molecule has 5 nitrogen and oxygen atoms in total. The standard InChI is InChI=1S/C12H19NO4/c1-4-17-10(14)7-9-5-6-13(11(15)16)12(2,3)8-9/h7H,4-6,8H2,1-3H3,(H,15,16). The number of likely N-dealkylation sites (tertiary alicyclic amines) is 1. The number of carbonyl (C=O) groups is 2. The monoisotopic (exact) mass is 241 g/mol. The van der Waals surface area contributed by atoms with Gasteiger partial charge in [0.05, 0.1) is 6.61 Å². The van der Waals surface area contributed by atoms with Gasteiger partial charge >= 0.3 is 12.1 Å². The van der Waals surface area contributed by atoms with Gasteiger partial charge in [-0.1, -0.05) is 5.57 Å². The Labute approximate surface area is 101 Å². The molecule has 1 aliphatic heterocycles. The van der Waals surface area contributed by atoms with Crippen LogP contribution in [0.2, 0.25) is 0 Å². The first-order valence-electron chi connectivity index (χ1n) is 5.73. The summed E-state index contributed by atoms with van der Waals surface area (Å²) < 4.78 is 4.84. The Hall–Kier alpha value is -1.52. The van der Waals surface area contributed by atoms with Gasteiger partial charge in [-0.2, -0.15) is 0 Å². The van der Waals surface area contributed by atoms with Crippen molar-refractivity contribution in [3.8, 4) is 0 Å². The smallest absolute Gasteiger partial charge is 0.407 e. The molecule has 0 aromatic carbocycles. The minimum atomic E-state index is -0.912. The molecule has 0 radical (unpaired) electrons. The molecule has 5 heteroatoms. The van der Waals surface area contributed by atoms with Crippen molar-refractivity contribution < 1.29 is 19.4 Å². The molecular formula is C12H19NO4. The molecule has 0 aromatic heterocycles. The van der Waals surface area contributed by atoms with E-state index in [2.05, 4.69) is 0 Å². The number of ether oxygens (including phenoxy) is 1. The third kappa shape index (κ3) is 3.47. The summed E-state index contributed by atoms with van der Waals surface area (Å²) in [5, 5.41) is 9.04. The molecule has 1 heterocycles. The Morgan fingerprint density at radius 1 is 1.53 bits per heavy atom. The summed E-state index contributed by atoms with van der Waals surface area (Å²) in [7, 11) is 0. The van der Waals surface area contributed by atoms with E-state index >= 15 is 0 Å². The van der Waals surface area contributed by atoms with Gasteiger partial charge in [0.2, 0.25) is 0 Å². The van der Waals surface area contributed by atoms with Gasteiger partial charge in [0.25, 0.3) is 0 Å². The first-order valence-corrected chi connectivity index (χ1v) is 5.73. The summed E-state index contributed by atoms with van der Waals surface area (Å²) in [5.74, 6) is -0.345. The second kappa shape index (κ2) is 5.21. The number of amides is 1. The number of esters is 1. The summed E-state index contributed by atoms with van der Waals surface area (Å²) >= 11 is 0. The highest BCUT2D eigenvalue weighted by atomic mass is 16.5. The molecule has 0 saturated carbocycles. The molecule has 1 rings (SSSR count). The number of carboxylic acid groups (broad SMARTS) is 1. The lowest BCUT2D eigenvalue weighted by atomic mass is 9.87. The number of hydrogen-bond donors (Lipinski definition) is 1. The van der Waals surface area contributed by atoms with Crippen molar-refractivity contribution >= 4 is 12.1 Å². The fraction of sp³-hybridized carbons (Fsp3) is 0.667. The first-order chi connectivity index (χ1) is 7.86. The summed E-state index contributed by atoms with van der Waals surface area (Å²) in [6, 6.07) is 0. The number of rotatable bonds is 2. The lowest BCUT2D eigenvalue weighted by Crippen LogP contribution is -2.50. The SMILES string of the molecule is CCOC(=O)C=C1CCN(C(=O)O)C(C)(C)C1. The maximum atomic E-state index is 11.3. The molecule has 1 fully saturated rings. The summed E-state index contributed by atoms with van der Waals surface area (Å²) in [6.45, 7) is 6.26. The fourth-order valence-corrected chi connectivity index (χ4v) is 2.13. The molecule has 0 unspecified atom stereocenters. The fourth-order valence-electron chi connectivity index (χ4n) is 2.13. The summed E-state index contributed by atoms with van der Waals surface area (Å²) in [5.41, 5.74) is 0.480. The zero-order valence-electron chi connectivity index (χ0n) is 10.5. The van der Waals surface area contributed by atoms with Crippen LogP contribution in [0, 0.1) is 0 Å². The zero-order chi connectivity index (χ0) is 13.1. The highest BCUT2D eigenvalue weighted by Crippen LogP contribution is 2.30. The topological polar surface area (TPSA) is 66.8 Å². The van der Waals surface area contributed by atoms with Crippen LogP contribution in [0.5, 0.6) is 0 Å². The Morgan fingerprint density at radius 2 is 2.18 bits per heavy atom. The number of nitrogens with zero attached hydrogens (tertiary/aromatic N) is 1. The van der Waals surface area contributed by atoms with Gasteiger partial charge in [0, 0.05) is 18.2 Å². The molecule has 1 N–H and O–H groups in total. The van der Waals surface area contributed by atoms with Crippen molar-refractivity contribution in [1.82, 2.24) is 4.90 Å². The van der Waals surface area contributed by atoms with Crippen LogP contribution in [0.25, 0.3) is 0 Å². The van der Waals surface area contributed by atoms with Gasteiger partial charge in [0.15, 0.2) is 0 Å². The van der Waals surface area contributed by atoms with Gasteiger partial charge in [-0.3, -0.25) is 0 Å². The maximum absolute atomic E-state index is 11.3. The molecule has 0 atom stereocenters. The van der Waals surface area contributed by atoms with Crippen LogP contribution in [-0.2, 0) is 9.53 Å². The van der Waals surface area contributed by atoms with Gasteiger partial charge in [-0.25, -0.2) is 9.59 Å². The molecule has 0 aromatic rings. The Morgan fingerprint density at radius 3 is 2.65 bits per heavy atom. The van der Waals surface area contributed by atoms with E-state index in [1.807, 2.05) is 13.8 Å². The van der Waals surface area contributed by atoms with Crippen molar-refractivity contribution in [3.63, 3.8) is 0 Å². The van der Waals surface area contributed by atoms with Crippen LogP contribution in [0.15, 0.2) is 11.6 Å². The second-order valence-electron chi connectivity index (χ2n) is 4.73. The highest BCUT2D eigenvalue weighted by molar-refractivity contribution is 5.83. The molecule has 96 valence electrons. The van der Waals surface area contributed by atoms with Crippen molar-refractivity contribution in [3.05, 3.63) is 11.6 Å². The van der Waals surface area contributed by atoms with Crippen LogP contribution in [-0.4, -0.2) is 40.8 Å². The Kier molecular flexibility index (Phi) is 4.15. The van der Waals surface area contributed by atoms with Crippen molar-refractivity contribution in [2.45, 2.75) is 39.2 Å². The summed E-state index contributed by atoms with van der Waals surface area (Å²) in [6.07, 6.45) is 1.74. The molecule has 17 heavy (non-hydrogen) atoms.